The van der Waals surface area contributed by atoms with Gasteiger partial charge in [0.05, 0.1) is 29.5 Å². The van der Waals surface area contributed by atoms with Gasteiger partial charge in [0, 0.05) is 12.4 Å². The maximum Gasteiger partial charge on any atom is 0.340 e. The molecule has 1 aromatic heterocycles. The first-order valence-corrected chi connectivity index (χ1v) is 9.29. The molecule has 148 valence electrons. The third kappa shape index (κ3) is 5.16. The fraction of sp³-hybridized carbons (Fsp3) is 0.182. The maximum absolute atomic E-state index is 12.4. The van der Waals surface area contributed by atoms with Crippen molar-refractivity contribution in [2.45, 2.75) is 19.9 Å². The van der Waals surface area contributed by atoms with E-state index in [1.165, 1.54) is 12.4 Å². The predicted octanol–water partition coefficient (Wildman–Crippen LogP) is 3.89. The van der Waals surface area contributed by atoms with E-state index in [9.17, 15) is 9.59 Å². The topological polar surface area (TPSA) is 93.2 Å². The largest absolute Gasteiger partial charge is 0.462 e. The molecule has 7 heteroatoms. The molecule has 0 saturated carbocycles. The summed E-state index contributed by atoms with van der Waals surface area (Å²) < 4.78 is 5.06. The van der Waals surface area contributed by atoms with Crippen molar-refractivity contribution in [3.8, 4) is 0 Å². The highest BCUT2D eigenvalue weighted by molar-refractivity contribution is 5.96. The number of aromatic nitrogens is 2. The van der Waals surface area contributed by atoms with Crippen LogP contribution >= 0.6 is 0 Å². The van der Waals surface area contributed by atoms with Crippen LogP contribution in [0.25, 0.3) is 0 Å². The van der Waals surface area contributed by atoms with Gasteiger partial charge < -0.3 is 15.4 Å². The highest BCUT2D eigenvalue weighted by Crippen LogP contribution is 2.19. The lowest BCUT2D eigenvalue weighted by Gasteiger charge is -2.14. The van der Waals surface area contributed by atoms with Crippen molar-refractivity contribution in [2.24, 2.45) is 0 Å². The number of rotatable bonds is 7. The van der Waals surface area contributed by atoms with Crippen molar-refractivity contribution in [3.05, 3.63) is 83.7 Å². The van der Waals surface area contributed by atoms with Crippen LogP contribution < -0.4 is 10.6 Å². The molecule has 0 aliphatic carbocycles. The number of carbonyl (C=O) groups is 2. The fourth-order valence-corrected chi connectivity index (χ4v) is 2.71. The van der Waals surface area contributed by atoms with E-state index in [1.807, 2.05) is 37.3 Å². The third-order valence-corrected chi connectivity index (χ3v) is 4.23. The molecule has 0 bridgehead atoms. The molecule has 1 unspecified atom stereocenters. The molecule has 3 rings (SSSR count). The average Bonchev–Trinajstić information content (AvgIpc) is 2.75. The van der Waals surface area contributed by atoms with Gasteiger partial charge in [-0.1, -0.05) is 42.5 Å². The Morgan fingerprint density at radius 2 is 1.66 bits per heavy atom. The number of amides is 1. The zero-order valence-electron chi connectivity index (χ0n) is 16.3. The van der Waals surface area contributed by atoms with Crippen LogP contribution in [0.15, 0.2) is 67.0 Å². The molecule has 1 amide bonds. The number of carbonyl (C=O) groups excluding carboxylic acids is 2. The maximum atomic E-state index is 12.4. The minimum absolute atomic E-state index is 0.141. The van der Waals surface area contributed by atoms with Crippen LogP contribution in [0.1, 0.15) is 46.2 Å². The molecule has 0 spiro atoms. The summed E-state index contributed by atoms with van der Waals surface area (Å²) in [5.74, 6) is -0.421. The lowest BCUT2D eigenvalue weighted by atomic mass is 10.1. The van der Waals surface area contributed by atoms with E-state index in [-0.39, 0.29) is 24.5 Å². The number of nitrogens with one attached hydrogen (secondary N) is 2. The van der Waals surface area contributed by atoms with E-state index < -0.39 is 5.97 Å². The summed E-state index contributed by atoms with van der Waals surface area (Å²) in [4.78, 5) is 32.9. The summed E-state index contributed by atoms with van der Waals surface area (Å²) in [7, 11) is 0. The third-order valence-electron chi connectivity index (χ3n) is 4.23. The normalized spacial score (nSPS) is 11.4. The van der Waals surface area contributed by atoms with E-state index in [4.69, 9.17) is 4.74 Å². The summed E-state index contributed by atoms with van der Waals surface area (Å²) in [5.41, 5.74) is 2.27. The molecule has 29 heavy (non-hydrogen) atoms. The van der Waals surface area contributed by atoms with E-state index in [0.717, 1.165) is 5.56 Å². The molecule has 2 N–H and O–H groups in total. The van der Waals surface area contributed by atoms with Crippen molar-refractivity contribution in [1.29, 1.82) is 0 Å². The van der Waals surface area contributed by atoms with Gasteiger partial charge in [0.1, 0.15) is 0 Å². The van der Waals surface area contributed by atoms with Gasteiger partial charge in [-0.3, -0.25) is 4.79 Å². The van der Waals surface area contributed by atoms with Gasteiger partial charge in [0.2, 0.25) is 5.95 Å². The van der Waals surface area contributed by atoms with Crippen LogP contribution in [-0.4, -0.2) is 28.5 Å². The molecule has 0 aliphatic rings. The Hall–Kier alpha value is -3.74. The van der Waals surface area contributed by atoms with E-state index in [1.54, 1.807) is 31.2 Å². The van der Waals surface area contributed by atoms with E-state index in [2.05, 4.69) is 20.6 Å². The fourth-order valence-electron chi connectivity index (χ4n) is 2.71. The summed E-state index contributed by atoms with van der Waals surface area (Å²) >= 11 is 0. The summed E-state index contributed by atoms with van der Waals surface area (Å²) in [5, 5.41) is 5.91. The zero-order chi connectivity index (χ0) is 20.6. The van der Waals surface area contributed by atoms with E-state index in [0.29, 0.717) is 16.8 Å². The number of esters is 1. The number of para-hydroxylation sites is 1. The van der Waals surface area contributed by atoms with Crippen LogP contribution in [0.4, 0.5) is 11.6 Å². The lowest BCUT2D eigenvalue weighted by molar-refractivity contribution is 0.0527. The minimum Gasteiger partial charge on any atom is -0.462 e. The Bertz CT molecular complexity index is 975. The Morgan fingerprint density at radius 1 is 1.00 bits per heavy atom. The number of benzene rings is 2. The highest BCUT2D eigenvalue weighted by Gasteiger charge is 2.14. The second-order valence-electron chi connectivity index (χ2n) is 6.29. The van der Waals surface area contributed by atoms with Crippen LogP contribution in [0.5, 0.6) is 0 Å². The smallest absolute Gasteiger partial charge is 0.340 e. The van der Waals surface area contributed by atoms with E-state index >= 15 is 0 Å². The molecule has 0 fully saturated rings. The van der Waals surface area contributed by atoms with Crippen LogP contribution in [0, 0.1) is 0 Å². The van der Waals surface area contributed by atoms with Gasteiger partial charge in [0.25, 0.3) is 5.91 Å². The Labute approximate surface area is 169 Å². The molecular formula is C22H22N4O3. The second-order valence-corrected chi connectivity index (χ2v) is 6.29. The molecule has 7 nitrogen and oxygen atoms in total. The number of ether oxygens (including phenoxy) is 1. The van der Waals surface area contributed by atoms with Gasteiger partial charge in [-0.2, -0.15) is 0 Å². The van der Waals surface area contributed by atoms with Gasteiger partial charge in [-0.05, 0) is 31.5 Å². The SMILES string of the molecule is CCOC(=O)c1ccccc1Nc1ncc(C(=O)NC(C)c2ccccc2)cn1. The van der Waals surface area contributed by atoms with Crippen molar-refractivity contribution in [2.75, 3.05) is 11.9 Å². The lowest BCUT2D eigenvalue weighted by Crippen LogP contribution is -2.26. The first-order chi connectivity index (χ1) is 14.1. The van der Waals surface area contributed by atoms with Crippen LogP contribution in [-0.2, 0) is 4.74 Å². The number of hydrogen-bond donors (Lipinski definition) is 2. The second kappa shape index (κ2) is 9.45. The van der Waals surface area contributed by atoms with Crippen molar-refractivity contribution in [3.63, 3.8) is 0 Å². The molecular weight excluding hydrogens is 368 g/mol. The summed E-state index contributed by atoms with van der Waals surface area (Å²) in [6, 6.07) is 16.5. The molecule has 0 aliphatic heterocycles. The monoisotopic (exact) mass is 390 g/mol. The molecule has 2 aromatic carbocycles. The van der Waals surface area contributed by atoms with Crippen LogP contribution in [0.3, 0.4) is 0 Å². The first-order valence-electron chi connectivity index (χ1n) is 9.29. The number of anilines is 2. The first kappa shape index (κ1) is 20.0. The molecule has 0 radical (unpaired) electrons. The van der Waals surface area contributed by atoms with Crippen LogP contribution in [0.2, 0.25) is 0 Å². The minimum atomic E-state index is -0.429. The average molecular weight is 390 g/mol. The number of hydrogen-bond acceptors (Lipinski definition) is 6. The van der Waals surface area contributed by atoms with Gasteiger partial charge in [0.15, 0.2) is 0 Å². The van der Waals surface area contributed by atoms with Crippen molar-refractivity contribution < 1.29 is 14.3 Å². The quantitative estimate of drug-likeness (QED) is 0.595. The van der Waals surface area contributed by atoms with Crippen molar-refractivity contribution >= 4 is 23.5 Å². The summed E-state index contributed by atoms with van der Waals surface area (Å²) in [6.07, 6.45) is 2.88. The molecule has 1 heterocycles. The van der Waals surface area contributed by atoms with Gasteiger partial charge in [-0.25, -0.2) is 14.8 Å². The number of nitrogens with zero attached hydrogens (tertiary/aromatic N) is 2. The zero-order valence-corrected chi connectivity index (χ0v) is 16.3. The molecule has 0 saturated heterocycles. The van der Waals surface area contributed by atoms with Crippen molar-refractivity contribution in [1.82, 2.24) is 15.3 Å². The van der Waals surface area contributed by atoms with Gasteiger partial charge in [-0.15, -0.1) is 0 Å². The Morgan fingerprint density at radius 3 is 2.34 bits per heavy atom. The predicted molar refractivity (Wildman–Crippen MR) is 110 cm³/mol. The van der Waals surface area contributed by atoms with Gasteiger partial charge >= 0.3 is 5.97 Å². The standard InChI is InChI=1S/C22H22N4O3/c1-3-29-21(28)18-11-7-8-12-19(18)26-22-23-13-17(14-24-22)20(27)25-15(2)16-9-5-4-6-10-16/h4-15H,3H2,1-2H3,(H,25,27)(H,23,24,26). The molecule has 1 atom stereocenters. The Balaban J connectivity index is 1.68. The molecule has 3 aromatic rings. The Kier molecular flexibility index (Phi) is 6.52. The summed E-state index contributed by atoms with van der Waals surface area (Å²) in [6.45, 7) is 3.95. The highest BCUT2D eigenvalue weighted by atomic mass is 16.5.